The minimum Gasteiger partial charge on any atom is -0.378 e. The summed E-state index contributed by atoms with van der Waals surface area (Å²) in [6, 6.07) is -0.355. The predicted octanol–water partition coefficient (Wildman–Crippen LogP) is 2.06. The van der Waals surface area contributed by atoms with Crippen LogP contribution in [-0.4, -0.2) is 48.6 Å². The van der Waals surface area contributed by atoms with Crippen molar-refractivity contribution in [3.05, 3.63) is 16.1 Å². The first-order chi connectivity index (χ1) is 10.4. The van der Waals surface area contributed by atoms with E-state index in [1.807, 2.05) is 6.92 Å². The summed E-state index contributed by atoms with van der Waals surface area (Å²) in [6.45, 7) is 4.05. The van der Waals surface area contributed by atoms with E-state index in [4.69, 9.17) is 4.74 Å². The molecule has 0 aromatic carbocycles. The molecular formula is C13H18F3N3O2S. The molecule has 9 heteroatoms. The molecule has 2 rings (SSSR count). The average Bonchev–Trinajstić information content (AvgIpc) is 2.98. The van der Waals surface area contributed by atoms with E-state index in [2.05, 4.69) is 10.3 Å². The van der Waals surface area contributed by atoms with Crippen LogP contribution >= 0.6 is 11.3 Å². The van der Waals surface area contributed by atoms with Crippen LogP contribution in [-0.2, 0) is 15.7 Å². The number of carbonyl (C=O) groups is 1. The summed E-state index contributed by atoms with van der Waals surface area (Å²) >= 11 is 0.958. The second-order valence-corrected chi connectivity index (χ2v) is 5.79. The summed E-state index contributed by atoms with van der Waals surface area (Å²) in [5, 5.41) is 4.35. The van der Waals surface area contributed by atoms with Crippen LogP contribution in [0.5, 0.6) is 0 Å². The molecule has 0 aliphatic carbocycles. The molecule has 0 saturated carbocycles. The fraction of sp³-hybridized carbons (Fsp3) is 0.692. The number of nitrogens with zero attached hydrogens (tertiary/aromatic N) is 2. The van der Waals surface area contributed by atoms with Gasteiger partial charge in [-0.25, -0.2) is 4.98 Å². The van der Waals surface area contributed by atoms with Gasteiger partial charge < -0.3 is 9.64 Å². The van der Waals surface area contributed by atoms with Gasteiger partial charge in [-0.3, -0.25) is 10.1 Å². The van der Waals surface area contributed by atoms with Gasteiger partial charge in [0.1, 0.15) is 5.01 Å². The quantitative estimate of drug-likeness (QED) is 0.894. The molecule has 1 aromatic heterocycles. The number of nitrogens with one attached hydrogen (secondary N) is 1. The van der Waals surface area contributed by atoms with Gasteiger partial charge in [0, 0.05) is 18.5 Å². The number of amides is 1. The first-order valence-corrected chi connectivity index (χ1v) is 7.91. The summed E-state index contributed by atoms with van der Waals surface area (Å²) < 4.78 is 42.9. The summed E-state index contributed by atoms with van der Waals surface area (Å²) in [4.78, 5) is 17.3. The zero-order valence-corrected chi connectivity index (χ0v) is 13.0. The summed E-state index contributed by atoms with van der Waals surface area (Å²) in [6.07, 6.45) is -3.88. The third-order valence-electron chi connectivity index (χ3n) is 3.38. The molecule has 1 N–H and O–H groups in total. The Morgan fingerprint density at radius 3 is 2.73 bits per heavy atom. The van der Waals surface area contributed by atoms with Crippen molar-refractivity contribution in [1.29, 1.82) is 0 Å². The van der Waals surface area contributed by atoms with E-state index >= 15 is 0 Å². The van der Waals surface area contributed by atoms with E-state index in [0.29, 0.717) is 37.7 Å². The fourth-order valence-corrected chi connectivity index (χ4v) is 3.10. The maximum absolute atomic E-state index is 12.6. The van der Waals surface area contributed by atoms with E-state index in [1.54, 1.807) is 4.90 Å². The Labute approximate surface area is 130 Å². The van der Waals surface area contributed by atoms with Gasteiger partial charge in [0.05, 0.1) is 25.8 Å². The van der Waals surface area contributed by atoms with Gasteiger partial charge in [-0.1, -0.05) is 6.92 Å². The third-order valence-corrected chi connectivity index (χ3v) is 4.34. The van der Waals surface area contributed by atoms with Crippen molar-refractivity contribution in [3.8, 4) is 0 Å². The van der Waals surface area contributed by atoms with Gasteiger partial charge >= 0.3 is 6.18 Å². The largest absolute Gasteiger partial charge is 0.434 e. The third kappa shape index (κ3) is 4.40. The zero-order valence-electron chi connectivity index (χ0n) is 12.2. The number of morpholine rings is 1. The van der Waals surface area contributed by atoms with Crippen LogP contribution in [0.4, 0.5) is 13.2 Å². The second-order valence-electron chi connectivity index (χ2n) is 4.90. The fourth-order valence-electron chi connectivity index (χ4n) is 2.12. The number of aromatic nitrogens is 1. The lowest BCUT2D eigenvalue weighted by atomic mass is 10.2. The lowest BCUT2D eigenvalue weighted by Crippen LogP contribution is -2.45. The normalized spacial score (nSPS) is 17.5. The number of hydrogen-bond donors (Lipinski definition) is 1. The Bertz CT molecular complexity index is 501. The molecular weight excluding hydrogens is 319 g/mol. The summed E-state index contributed by atoms with van der Waals surface area (Å²) in [5.41, 5.74) is -0.882. The average molecular weight is 337 g/mol. The molecule has 2 heterocycles. The second kappa shape index (κ2) is 7.38. The van der Waals surface area contributed by atoms with Crippen LogP contribution in [0.25, 0.3) is 0 Å². The SMILES string of the molecule is CC[C@@H](NCC(=O)N1CCOCC1)c1nc(C(F)(F)F)cs1. The highest BCUT2D eigenvalue weighted by atomic mass is 32.1. The highest BCUT2D eigenvalue weighted by Gasteiger charge is 2.34. The Hall–Kier alpha value is -1.19. The number of thiazole rings is 1. The topological polar surface area (TPSA) is 54.5 Å². The first-order valence-electron chi connectivity index (χ1n) is 7.03. The minimum absolute atomic E-state index is 0.0747. The number of hydrogen-bond acceptors (Lipinski definition) is 5. The maximum Gasteiger partial charge on any atom is 0.434 e. The number of rotatable bonds is 5. The molecule has 22 heavy (non-hydrogen) atoms. The molecule has 1 aromatic rings. The molecule has 1 aliphatic rings. The molecule has 1 fully saturated rings. The monoisotopic (exact) mass is 337 g/mol. The zero-order chi connectivity index (χ0) is 16.2. The van der Waals surface area contributed by atoms with Gasteiger partial charge in [-0.2, -0.15) is 13.2 Å². The number of halogens is 3. The smallest absolute Gasteiger partial charge is 0.378 e. The molecule has 0 spiro atoms. The van der Waals surface area contributed by atoms with Crippen molar-refractivity contribution in [1.82, 2.24) is 15.2 Å². The van der Waals surface area contributed by atoms with Gasteiger partial charge in [0.25, 0.3) is 0 Å². The molecule has 0 radical (unpaired) electrons. The van der Waals surface area contributed by atoms with Gasteiger partial charge in [0.15, 0.2) is 5.69 Å². The van der Waals surface area contributed by atoms with Crippen molar-refractivity contribution in [2.24, 2.45) is 0 Å². The van der Waals surface area contributed by atoms with Crippen LogP contribution < -0.4 is 5.32 Å². The molecule has 5 nitrogen and oxygen atoms in total. The van der Waals surface area contributed by atoms with E-state index in [-0.39, 0.29) is 18.5 Å². The Kier molecular flexibility index (Phi) is 5.76. The minimum atomic E-state index is -4.43. The van der Waals surface area contributed by atoms with Crippen molar-refractivity contribution in [2.45, 2.75) is 25.6 Å². The van der Waals surface area contributed by atoms with Crippen LogP contribution in [0.15, 0.2) is 5.38 Å². The van der Waals surface area contributed by atoms with E-state index in [0.717, 1.165) is 16.7 Å². The van der Waals surface area contributed by atoms with Crippen LogP contribution in [0.3, 0.4) is 0 Å². The van der Waals surface area contributed by atoms with E-state index in [1.165, 1.54) is 0 Å². The number of alkyl halides is 3. The molecule has 1 saturated heterocycles. The van der Waals surface area contributed by atoms with Gasteiger partial charge in [-0.05, 0) is 6.42 Å². The number of carbonyl (C=O) groups excluding carboxylic acids is 1. The molecule has 1 aliphatic heterocycles. The molecule has 0 unspecified atom stereocenters. The Morgan fingerprint density at radius 1 is 1.50 bits per heavy atom. The molecule has 1 atom stereocenters. The Morgan fingerprint density at radius 2 is 2.18 bits per heavy atom. The van der Waals surface area contributed by atoms with Crippen LogP contribution in [0, 0.1) is 0 Å². The molecule has 124 valence electrons. The highest BCUT2D eigenvalue weighted by molar-refractivity contribution is 7.09. The van der Waals surface area contributed by atoms with Crippen molar-refractivity contribution in [2.75, 3.05) is 32.8 Å². The summed E-state index contributed by atoms with van der Waals surface area (Å²) in [7, 11) is 0. The van der Waals surface area contributed by atoms with E-state index < -0.39 is 11.9 Å². The molecule has 1 amide bonds. The van der Waals surface area contributed by atoms with Gasteiger partial charge in [-0.15, -0.1) is 11.3 Å². The van der Waals surface area contributed by atoms with Crippen molar-refractivity contribution in [3.63, 3.8) is 0 Å². The first kappa shape index (κ1) is 17.2. The van der Waals surface area contributed by atoms with Gasteiger partial charge in [0.2, 0.25) is 5.91 Å². The van der Waals surface area contributed by atoms with Crippen molar-refractivity contribution >= 4 is 17.2 Å². The standard InChI is InChI=1S/C13H18F3N3O2S/c1-2-9(12-18-10(8-22-12)13(14,15)16)17-7-11(20)19-3-5-21-6-4-19/h8-9,17H,2-7H2,1H3/t9-/m1/s1. The predicted molar refractivity (Wildman–Crippen MR) is 75.5 cm³/mol. The highest BCUT2D eigenvalue weighted by Crippen LogP contribution is 2.32. The van der Waals surface area contributed by atoms with Crippen molar-refractivity contribution < 1.29 is 22.7 Å². The lowest BCUT2D eigenvalue weighted by molar-refractivity contribution is -0.141. The lowest BCUT2D eigenvalue weighted by Gasteiger charge is -2.27. The molecule has 0 bridgehead atoms. The van der Waals surface area contributed by atoms with Crippen LogP contribution in [0.1, 0.15) is 30.1 Å². The Balaban J connectivity index is 1.91. The van der Waals surface area contributed by atoms with Crippen LogP contribution in [0.2, 0.25) is 0 Å². The van der Waals surface area contributed by atoms with E-state index in [9.17, 15) is 18.0 Å². The number of ether oxygens (including phenoxy) is 1. The summed E-state index contributed by atoms with van der Waals surface area (Å²) in [5.74, 6) is -0.0747. The maximum atomic E-state index is 12.6.